The van der Waals surface area contributed by atoms with Crippen LogP contribution in [0.15, 0.2) is 34.7 Å². The second kappa shape index (κ2) is 5.85. The third kappa shape index (κ3) is 2.76. The summed E-state index contributed by atoms with van der Waals surface area (Å²) in [6.45, 7) is 3.84. The molecule has 0 bridgehead atoms. The van der Waals surface area contributed by atoms with Crippen LogP contribution in [0, 0.1) is 6.92 Å². The first-order valence-electron chi connectivity index (χ1n) is 6.50. The maximum Gasteiger partial charge on any atom is 0.196 e. The Morgan fingerprint density at radius 1 is 1.26 bits per heavy atom. The minimum Gasteiger partial charge on any atom is -0.466 e. The molecule has 100 valence electrons. The molecule has 3 heteroatoms. The van der Waals surface area contributed by atoms with Crippen molar-refractivity contribution < 1.29 is 14.3 Å². The van der Waals surface area contributed by atoms with Crippen LogP contribution in [-0.2, 0) is 12.8 Å². The predicted octanol–water partition coefficient (Wildman–Crippen LogP) is 2.92. The van der Waals surface area contributed by atoms with E-state index in [2.05, 4.69) is 0 Å². The number of hydrogen-bond donors (Lipinski definition) is 1. The van der Waals surface area contributed by atoms with Crippen LogP contribution in [-0.4, -0.2) is 17.5 Å². The molecule has 0 aliphatic carbocycles. The molecule has 2 aromatic rings. The highest BCUT2D eigenvalue weighted by Crippen LogP contribution is 2.21. The lowest BCUT2D eigenvalue weighted by Crippen LogP contribution is -2.07. The second-order valence-electron chi connectivity index (χ2n) is 4.50. The molecule has 0 fully saturated rings. The average molecular weight is 258 g/mol. The molecule has 0 amide bonds. The maximum atomic E-state index is 12.6. The van der Waals surface area contributed by atoms with E-state index in [0.29, 0.717) is 23.3 Å². The van der Waals surface area contributed by atoms with E-state index in [4.69, 9.17) is 9.52 Å². The number of hydrogen-bond acceptors (Lipinski definition) is 3. The van der Waals surface area contributed by atoms with Crippen LogP contribution in [0.1, 0.15) is 39.9 Å². The fourth-order valence-electron chi connectivity index (χ4n) is 2.17. The molecule has 0 saturated carbocycles. The zero-order chi connectivity index (χ0) is 13.8. The molecule has 19 heavy (non-hydrogen) atoms. The molecule has 0 aliphatic heterocycles. The van der Waals surface area contributed by atoms with Crippen molar-refractivity contribution in [1.29, 1.82) is 0 Å². The van der Waals surface area contributed by atoms with Gasteiger partial charge in [-0.1, -0.05) is 31.2 Å². The molecule has 3 nitrogen and oxygen atoms in total. The highest BCUT2D eigenvalue weighted by Gasteiger charge is 2.18. The van der Waals surface area contributed by atoms with Crippen molar-refractivity contribution in [2.24, 2.45) is 0 Å². The predicted molar refractivity (Wildman–Crippen MR) is 73.5 cm³/mol. The molecule has 1 N–H and O–H groups in total. The fourth-order valence-corrected chi connectivity index (χ4v) is 2.17. The first kappa shape index (κ1) is 13.6. The number of ketones is 1. The fraction of sp³-hybridized carbons (Fsp3) is 0.312. The van der Waals surface area contributed by atoms with Crippen molar-refractivity contribution >= 4 is 5.78 Å². The number of carbonyl (C=O) groups is 1. The van der Waals surface area contributed by atoms with Gasteiger partial charge in [-0.3, -0.25) is 4.79 Å². The molecule has 0 aliphatic rings. The smallest absolute Gasteiger partial charge is 0.196 e. The third-order valence-electron chi connectivity index (χ3n) is 3.21. The van der Waals surface area contributed by atoms with Gasteiger partial charge in [-0.2, -0.15) is 0 Å². The van der Waals surface area contributed by atoms with Crippen LogP contribution in [0.2, 0.25) is 0 Å². The van der Waals surface area contributed by atoms with Gasteiger partial charge in [0.15, 0.2) is 5.78 Å². The Labute approximate surface area is 112 Å². The van der Waals surface area contributed by atoms with E-state index in [0.717, 1.165) is 17.7 Å². The molecule has 2 rings (SSSR count). The van der Waals surface area contributed by atoms with Crippen LogP contribution in [0.5, 0.6) is 0 Å². The third-order valence-corrected chi connectivity index (χ3v) is 3.21. The summed E-state index contributed by atoms with van der Waals surface area (Å²) < 4.78 is 5.54. The average Bonchev–Trinajstić information content (AvgIpc) is 2.80. The standard InChI is InChI=1S/C16H18O3/c1-3-13-10-15(11(2)19-13)16(18)14-7-5-4-6-12(14)8-9-17/h4-7,10,17H,3,8-9H2,1-2H3. The number of carbonyl (C=O) groups excluding carboxylic acids is 1. The molecule has 1 aromatic carbocycles. The molecule has 0 spiro atoms. The lowest BCUT2D eigenvalue weighted by Gasteiger charge is -2.06. The number of aliphatic hydroxyl groups excluding tert-OH is 1. The SMILES string of the molecule is CCc1cc(C(=O)c2ccccc2CCO)c(C)o1. The Morgan fingerprint density at radius 2 is 2.00 bits per heavy atom. The highest BCUT2D eigenvalue weighted by atomic mass is 16.3. The summed E-state index contributed by atoms with van der Waals surface area (Å²) >= 11 is 0. The lowest BCUT2D eigenvalue weighted by molar-refractivity contribution is 0.103. The van der Waals surface area contributed by atoms with E-state index in [9.17, 15) is 4.79 Å². The topological polar surface area (TPSA) is 50.4 Å². The zero-order valence-electron chi connectivity index (χ0n) is 11.3. The van der Waals surface area contributed by atoms with Crippen LogP contribution >= 0.6 is 0 Å². The molecule has 1 aromatic heterocycles. The normalized spacial score (nSPS) is 10.7. The molecular weight excluding hydrogens is 240 g/mol. The molecular formula is C16H18O3. The van der Waals surface area contributed by atoms with E-state index < -0.39 is 0 Å². The number of aryl methyl sites for hydroxylation is 2. The highest BCUT2D eigenvalue weighted by molar-refractivity contribution is 6.10. The van der Waals surface area contributed by atoms with E-state index in [1.165, 1.54) is 0 Å². The van der Waals surface area contributed by atoms with E-state index in [1.54, 1.807) is 13.0 Å². The lowest BCUT2D eigenvalue weighted by atomic mass is 9.97. The summed E-state index contributed by atoms with van der Waals surface area (Å²) in [5.41, 5.74) is 2.12. The summed E-state index contributed by atoms with van der Waals surface area (Å²) in [5.74, 6) is 1.44. The molecule has 0 unspecified atom stereocenters. The second-order valence-corrected chi connectivity index (χ2v) is 4.50. The zero-order valence-corrected chi connectivity index (χ0v) is 11.3. The van der Waals surface area contributed by atoms with Crippen LogP contribution < -0.4 is 0 Å². The Kier molecular flexibility index (Phi) is 4.17. The van der Waals surface area contributed by atoms with Gasteiger partial charge in [-0.05, 0) is 25.0 Å². The largest absolute Gasteiger partial charge is 0.466 e. The van der Waals surface area contributed by atoms with Crippen molar-refractivity contribution in [1.82, 2.24) is 0 Å². The van der Waals surface area contributed by atoms with Crippen LogP contribution in [0.25, 0.3) is 0 Å². The van der Waals surface area contributed by atoms with E-state index >= 15 is 0 Å². The summed E-state index contributed by atoms with van der Waals surface area (Å²) in [5, 5.41) is 9.06. The van der Waals surface area contributed by atoms with E-state index in [1.807, 2.05) is 31.2 Å². The van der Waals surface area contributed by atoms with Gasteiger partial charge in [-0.25, -0.2) is 0 Å². The van der Waals surface area contributed by atoms with Crippen molar-refractivity contribution in [2.75, 3.05) is 6.61 Å². The molecule has 0 saturated heterocycles. The first-order valence-corrected chi connectivity index (χ1v) is 6.50. The quantitative estimate of drug-likeness (QED) is 0.839. The monoisotopic (exact) mass is 258 g/mol. The van der Waals surface area contributed by atoms with Crippen LogP contribution in [0.3, 0.4) is 0 Å². The van der Waals surface area contributed by atoms with E-state index in [-0.39, 0.29) is 12.4 Å². The van der Waals surface area contributed by atoms with Gasteiger partial charge in [0.1, 0.15) is 11.5 Å². The number of furan rings is 1. The number of rotatable bonds is 5. The Balaban J connectivity index is 2.40. The maximum absolute atomic E-state index is 12.6. The minimum atomic E-state index is -0.0370. The van der Waals surface area contributed by atoms with Crippen molar-refractivity contribution in [3.8, 4) is 0 Å². The Bertz CT molecular complexity index is 581. The van der Waals surface area contributed by atoms with Crippen LogP contribution in [0.4, 0.5) is 0 Å². The van der Waals surface area contributed by atoms with Gasteiger partial charge in [0.2, 0.25) is 0 Å². The van der Waals surface area contributed by atoms with Crippen molar-refractivity contribution in [3.05, 3.63) is 58.5 Å². The number of benzene rings is 1. The Hall–Kier alpha value is -1.87. The number of aliphatic hydroxyl groups is 1. The van der Waals surface area contributed by atoms with Gasteiger partial charge < -0.3 is 9.52 Å². The molecule has 1 heterocycles. The van der Waals surface area contributed by atoms with Crippen molar-refractivity contribution in [2.45, 2.75) is 26.7 Å². The Morgan fingerprint density at radius 3 is 2.63 bits per heavy atom. The molecule has 0 atom stereocenters. The van der Waals surface area contributed by atoms with Gasteiger partial charge in [-0.15, -0.1) is 0 Å². The summed E-state index contributed by atoms with van der Waals surface area (Å²) in [4.78, 5) is 12.6. The molecule has 0 radical (unpaired) electrons. The first-order chi connectivity index (χ1) is 9.17. The van der Waals surface area contributed by atoms with Gasteiger partial charge in [0.25, 0.3) is 0 Å². The van der Waals surface area contributed by atoms with Gasteiger partial charge >= 0.3 is 0 Å². The summed E-state index contributed by atoms with van der Waals surface area (Å²) in [6.07, 6.45) is 1.26. The van der Waals surface area contributed by atoms with Gasteiger partial charge in [0, 0.05) is 18.6 Å². The minimum absolute atomic E-state index is 0.0366. The van der Waals surface area contributed by atoms with Gasteiger partial charge in [0.05, 0.1) is 5.56 Å². The van der Waals surface area contributed by atoms with Crippen molar-refractivity contribution in [3.63, 3.8) is 0 Å². The summed E-state index contributed by atoms with van der Waals surface area (Å²) in [7, 11) is 0. The summed E-state index contributed by atoms with van der Waals surface area (Å²) in [6, 6.07) is 9.20.